The first-order chi connectivity index (χ1) is 6.16. The maximum absolute atomic E-state index is 9.50. The molecule has 0 aliphatic carbocycles. The third-order valence-electron chi connectivity index (χ3n) is 1.58. The molecule has 2 nitrogen and oxygen atoms in total. The fourth-order valence-electron chi connectivity index (χ4n) is 0.799. The third kappa shape index (κ3) is 14.5. The van der Waals surface area contributed by atoms with Crippen LogP contribution in [0.25, 0.3) is 0 Å². The maximum Gasteiger partial charge on any atom is 0.122 e. The zero-order chi connectivity index (χ0) is 10.7. The molecule has 0 amide bonds. The van der Waals surface area contributed by atoms with Gasteiger partial charge in [0.05, 0.1) is 0 Å². The van der Waals surface area contributed by atoms with E-state index in [9.17, 15) is 4.79 Å². The molecule has 0 bridgehead atoms. The van der Waals surface area contributed by atoms with E-state index >= 15 is 0 Å². The van der Waals surface area contributed by atoms with Gasteiger partial charge in [-0.2, -0.15) is 0 Å². The first-order valence-corrected chi connectivity index (χ1v) is 5.32. The van der Waals surface area contributed by atoms with E-state index in [4.69, 9.17) is 0 Å². The van der Waals surface area contributed by atoms with Crippen LogP contribution in [-0.2, 0) is 4.79 Å². The Morgan fingerprint density at radius 2 is 1.85 bits per heavy atom. The topological polar surface area (TPSA) is 29.1 Å². The lowest BCUT2D eigenvalue weighted by Crippen LogP contribution is -2.06. The van der Waals surface area contributed by atoms with Gasteiger partial charge in [-0.25, -0.2) is 0 Å². The molecule has 0 saturated carbocycles. The van der Waals surface area contributed by atoms with Gasteiger partial charge in [0.25, 0.3) is 0 Å². The summed E-state index contributed by atoms with van der Waals surface area (Å²) in [6.45, 7) is 12.5. The van der Waals surface area contributed by atoms with Crippen LogP contribution in [0.15, 0.2) is 0 Å². The Bertz CT molecular complexity index is 96.3. The monoisotopic (exact) mass is 187 g/mol. The van der Waals surface area contributed by atoms with Crippen LogP contribution in [0, 0.1) is 11.8 Å². The molecular weight excluding hydrogens is 162 g/mol. The van der Waals surface area contributed by atoms with Crippen LogP contribution < -0.4 is 5.32 Å². The Hall–Kier alpha value is -0.370. The van der Waals surface area contributed by atoms with Gasteiger partial charge in [0.15, 0.2) is 0 Å². The van der Waals surface area contributed by atoms with Gasteiger partial charge >= 0.3 is 0 Å². The predicted molar refractivity (Wildman–Crippen MR) is 58.9 cm³/mol. The van der Waals surface area contributed by atoms with E-state index in [2.05, 4.69) is 12.2 Å². The summed E-state index contributed by atoms with van der Waals surface area (Å²) in [5.74, 6) is 1.14. The lowest BCUT2D eigenvalue weighted by Gasteiger charge is -1.90. The quantitative estimate of drug-likeness (QED) is 0.639. The van der Waals surface area contributed by atoms with Crippen molar-refractivity contribution in [2.75, 3.05) is 13.1 Å². The Morgan fingerprint density at radius 1 is 1.38 bits per heavy atom. The second kappa shape index (κ2) is 11.6. The van der Waals surface area contributed by atoms with Gasteiger partial charge in [-0.05, 0) is 25.4 Å². The predicted octanol–water partition coefficient (Wildman–Crippen LogP) is 2.48. The molecule has 0 spiro atoms. The molecule has 1 heterocycles. The lowest BCUT2D eigenvalue weighted by atomic mass is 10.2. The minimum absolute atomic E-state index is 0.204. The molecule has 80 valence electrons. The molecule has 0 aromatic heterocycles. The molecule has 1 aliphatic heterocycles. The lowest BCUT2D eigenvalue weighted by molar-refractivity contribution is -0.110. The van der Waals surface area contributed by atoms with Gasteiger partial charge in [-0.15, -0.1) is 0 Å². The number of nitrogens with one attached hydrogen (secondary N) is 1. The van der Waals surface area contributed by atoms with Crippen molar-refractivity contribution in [1.29, 1.82) is 0 Å². The highest BCUT2D eigenvalue weighted by Gasteiger charge is 2.06. The van der Waals surface area contributed by atoms with Crippen molar-refractivity contribution < 1.29 is 4.79 Å². The number of carbonyl (C=O) groups is 1. The number of aldehydes is 1. The zero-order valence-corrected chi connectivity index (χ0v) is 9.76. The number of hydrogen-bond donors (Lipinski definition) is 1. The molecule has 1 atom stereocenters. The summed E-state index contributed by atoms with van der Waals surface area (Å²) in [6.07, 6.45) is 2.29. The molecule has 1 rings (SSSR count). The highest BCUT2D eigenvalue weighted by molar-refractivity contribution is 5.51. The summed E-state index contributed by atoms with van der Waals surface area (Å²) in [6, 6.07) is 0. The Balaban J connectivity index is 0. The van der Waals surface area contributed by atoms with Crippen molar-refractivity contribution in [3.05, 3.63) is 0 Å². The molecule has 1 N–H and O–H groups in total. The normalized spacial score (nSPS) is 19.7. The summed E-state index contributed by atoms with van der Waals surface area (Å²) >= 11 is 0. The van der Waals surface area contributed by atoms with E-state index in [1.54, 1.807) is 0 Å². The summed E-state index contributed by atoms with van der Waals surface area (Å²) in [4.78, 5) is 9.50. The molecule has 13 heavy (non-hydrogen) atoms. The second-order valence-electron chi connectivity index (χ2n) is 3.48. The summed E-state index contributed by atoms with van der Waals surface area (Å²) in [5, 5.41) is 3.27. The van der Waals surface area contributed by atoms with Crippen LogP contribution >= 0.6 is 0 Å². The van der Waals surface area contributed by atoms with E-state index in [1.165, 1.54) is 19.5 Å². The van der Waals surface area contributed by atoms with Gasteiger partial charge in [-0.1, -0.05) is 34.6 Å². The molecule has 1 saturated heterocycles. The van der Waals surface area contributed by atoms with E-state index in [-0.39, 0.29) is 5.92 Å². The van der Waals surface area contributed by atoms with Crippen LogP contribution in [0.4, 0.5) is 0 Å². The number of rotatable bonds is 1. The van der Waals surface area contributed by atoms with Crippen LogP contribution in [-0.4, -0.2) is 19.4 Å². The Labute approximate surface area is 83.1 Å². The second-order valence-corrected chi connectivity index (χ2v) is 3.48. The highest BCUT2D eigenvalue weighted by atomic mass is 16.1. The molecule has 0 aromatic carbocycles. The van der Waals surface area contributed by atoms with Crippen molar-refractivity contribution in [3.63, 3.8) is 0 Å². The van der Waals surface area contributed by atoms with E-state index in [1.807, 2.05) is 27.7 Å². The van der Waals surface area contributed by atoms with E-state index < -0.39 is 0 Å². The van der Waals surface area contributed by atoms with Gasteiger partial charge in [-0.3, -0.25) is 0 Å². The number of carbonyl (C=O) groups excluding carboxylic acids is 1. The fraction of sp³-hybridized carbons (Fsp3) is 0.909. The van der Waals surface area contributed by atoms with Crippen LogP contribution in [0.3, 0.4) is 0 Å². The van der Waals surface area contributed by atoms with Crippen molar-refractivity contribution >= 4 is 6.29 Å². The molecule has 0 radical (unpaired) electrons. The SMILES string of the molecule is CC.CC(C)C=O.CC1CCNC1. The van der Waals surface area contributed by atoms with Crippen LogP contribution in [0.5, 0.6) is 0 Å². The van der Waals surface area contributed by atoms with Crippen molar-refractivity contribution in [2.45, 2.75) is 41.0 Å². The fourth-order valence-corrected chi connectivity index (χ4v) is 0.799. The van der Waals surface area contributed by atoms with Gasteiger partial charge in [0.1, 0.15) is 6.29 Å². The van der Waals surface area contributed by atoms with Crippen LogP contribution in [0.1, 0.15) is 41.0 Å². The number of hydrogen-bond acceptors (Lipinski definition) is 2. The summed E-state index contributed by atoms with van der Waals surface area (Å²) in [7, 11) is 0. The first kappa shape index (κ1) is 15.1. The standard InChI is InChI=1S/C5H11N.C4H8O.C2H6/c1-5-2-3-6-4-5;1-4(2)3-5;1-2/h5-6H,2-4H2,1H3;3-4H,1-2H3;1-2H3. The molecule has 1 fully saturated rings. The minimum Gasteiger partial charge on any atom is -0.316 e. The van der Waals surface area contributed by atoms with Crippen LogP contribution in [0.2, 0.25) is 0 Å². The summed E-state index contributed by atoms with van der Waals surface area (Å²) < 4.78 is 0. The molecule has 1 unspecified atom stereocenters. The van der Waals surface area contributed by atoms with E-state index in [0.717, 1.165) is 12.2 Å². The largest absolute Gasteiger partial charge is 0.316 e. The smallest absolute Gasteiger partial charge is 0.122 e. The van der Waals surface area contributed by atoms with E-state index in [0.29, 0.717) is 0 Å². The van der Waals surface area contributed by atoms with Gasteiger partial charge < -0.3 is 10.1 Å². The highest BCUT2D eigenvalue weighted by Crippen LogP contribution is 2.03. The Morgan fingerprint density at radius 3 is 1.92 bits per heavy atom. The average Bonchev–Trinajstić information content (AvgIpc) is 2.60. The summed E-state index contributed by atoms with van der Waals surface area (Å²) in [5.41, 5.74) is 0. The average molecular weight is 187 g/mol. The third-order valence-corrected chi connectivity index (χ3v) is 1.58. The van der Waals surface area contributed by atoms with Crippen molar-refractivity contribution in [2.24, 2.45) is 11.8 Å². The Kier molecular flexibility index (Phi) is 13.5. The van der Waals surface area contributed by atoms with Crippen molar-refractivity contribution in [3.8, 4) is 0 Å². The molecule has 0 aromatic rings. The first-order valence-electron chi connectivity index (χ1n) is 5.32. The molecule has 1 aliphatic rings. The zero-order valence-electron chi connectivity index (χ0n) is 9.76. The molecule has 2 heteroatoms. The maximum atomic E-state index is 9.50. The van der Waals surface area contributed by atoms with Gasteiger partial charge in [0, 0.05) is 5.92 Å². The molecular formula is C11H25NO. The minimum atomic E-state index is 0.204. The van der Waals surface area contributed by atoms with Crippen molar-refractivity contribution in [1.82, 2.24) is 5.32 Å². The van der Waals surface area contributed by atoms with Gasteiger partial charge in [0.2, 0.25) is 0 Å².